The molecule has 6 nitrogen and oxygen atoms in total. The lowest BCUT2D eigenvalue weighted by molar-refractivity contribution is -0.137. The first-order valence-electron chi connectivity index (χ1n) is 8.27. The Morgan fingerprint density at radius 3 is 2.28 bits per heavy atom. The number of nitrogens with zero attached hydrogens (tertiary/aromatic N) is 1. The highest BCUT2D eigenvalue weighted by Crippen LogP contribution is 2.40. The van der Waals surface area contributed by atoms with E-state index in [-0.39, 0.29) is 33.9 Å². The highest BCUT2D eigenvalue weighted by molar-refractivity contribution is 6.06. The van der Waals surface area contributed by atoms with Crippen molar-refractivity contribution < 1.29 is 27.8 Å². The summed E-state index contributed by atoms with van der Waals surface area (Å²) in [6.07, 6.45) is -4.53. The number of hydrogen-bond acceptors (Lipinski definition) is 5. The van der Waals surface area contributed by atoms with Crippen LogP contribution in [0.25, 0.3) is 22.4 Å². The van der Waals surface area contributed by atoms with Crippen molar-refractivity contribution in [2.45, 2.75) is 6.18 Å². The minimum Gasteiger partial charge on any atom is -0.497 e. The molecule has 0 saturated carbocycles. The summed E-state index contributed by atoms with van der Waals surface area (Å²) in [5.41, 5.74) is 11.2. The second-order valence-electron chi connectivity index (χ2n) is 6.12. The topological polar surface area (TPSA) is 111 Å². The fourth-order valence-corrected chi connectivity index (χ4v) is 2.93. The predicted octanol–water partition coefficient (Wildman–Crippen LogP) is 4.31. The lowest BCUT2D eigenvalue weighted by Gasteiger charge is -2.17. The quantitative estimate of drug-likeness (QED) is 0.599. The van der Waals surface area contributed by atoms with E-state index >= 15 is 0 Å². The van der Waals surface area contributed by atoms with Gasteiger partial charge in [-0.2, -0.15) is 13.2 Å². The van der Waals surface area contributed by atoms with E-state index in [2.05, 4.69) is 4.98 Å². The Balaban J connectivity index is 2.29. The number of anilines is 2. The van der Waals surface area contributed by atoms with Crippen molar-refractivity contribution in [1.29, 1.82) is 0 Å². The van der Waals surface area contributed by atoms with Crippen LogP contribution in [0, 0.1) is 0 Å². The van der Waals surface area contributed by atoms with Crippen LogP contribution in [0.4, 0.5) is 24.7 Å². The molecule has 1 heterocycles. The number of alkyl halides is 3. The first-order chi connectivity index (χ1) is 13.6. The third kappa shape index (κ3) is 3.79. The molecule has 3 rings (SSSR count). The van der Waals surface area contributed by atoms with Crippen LogP contribution in [0.5, 0.6) is 5.75 Å². The Bertz CT molecular complexity index is 1080. The van der Waals surface area contributed by atoms with Gasteiger partial charge < -0.3 is 21.3 Å². The molecule has 150 valence electrons. The van der Waals surface area contributed by atoms with Crippen LogP contribution in [0.1, 0.15) is 15.9 Å². The largest absolute Gasteiger partial charge is 0.497 e. The summed E-state index contributed by atoms with van der Waals surface area (Å²) >= 11 is 0. The molecule has 0 unspecified atom stereocenters. The van der Waals surface area contributed by atoms with Crippen molar-refractivity contribution in [3.63, 3.8) is 0 Å². The monoisotopic (exact) mass is 403 g/mol. The summed E-state index contributed by atoms with van der Waals surface area (Å²) in [5, 5.41) is 9.85. The standard InChI is InChI=1S/C20H16F3N3O3/c1-29-13-4-2-3-11(9-13)17-15(19(27)28)14(16(24)18(25)26-17)10-5-7-12(8-6-10)20(21,22)23/h2-9H,24H2,1H3,(H2,25,26)(H,27,28). The molecule has 0 radical (unpaired) electrons. The van der Waals surface area contributed by atoms with Crippen molar-refractivity contribution >= 4 is 17.5 Å². The normalized spacial score (nSPS) is 11.3. The number of aromatic nitrogens is 1. The third-order valence-corrected chi connectivity index (χ3v) is 4.32. The molecule has 0 atom stereocenters. The van der Waals surface area contributed by atoms with Crippen molar-refractivity contribution in [2.75, 3.05) is 18.6 Å². The molecule has 0 bridgehead atoms. The predicted molar refractivity (Wildman–Crippen MR) is 102 cm³/mol. The van der Waals surface area contributed by atoms with Gasteiger partial charge in [-0.25, -0.2) is 9.78 Å². The number of hydrogen-bond donors (Lipinski definition) is 3. The molecule has 0 amide bonds. The maximum Gasteiger partial charge on any atom is 0.416 e. The lowest BCUT2D eigenvalue weighted by Crippen LogP contribution is -2.11. The van der Waals surface area contributed by atoms with Gasteiger partial charge in [0.05, 0.1) is 29.6 Å². The van der Waals surface area contributed by atoms with E-state index in [1.54, 1.807) is 24.3 Å². The number of methoxy groups -OCH3 is 1. The van der Waals surface area contributed by atoms with Crippen LogP contribution in [0.3, 0.4) is 0 Å². The molecule has 0 saturated heterocycles. The van der Waals surface area contributed by atoms with Gasteiger partial charge in [0, 0.05) is 11.1 Å². The third-order valence-electron chi connectivity index (χ3n) is 4.32. The van der Waals surface area contributed by atoms with E-state index in [9.17, 15) is 23.1 Å². The number of benzene rings is 2. The number of nitrogen functional groups attached to an aromatic ring is 2. The second kappa shape index (κ2) is 7.34. The SMILES string of the molecule is COc1cccc(-c2nc(N)c(N)c(-c3ccc(C(F)(F)F)cc3)c2C(=O)O)c1. The van der Waals surface area contributed by atoms with Gasteiger partial charge in [-0.15, -0.1) is 0 Å². The zero-order chi connectivity index (χ0) is 21.3. The number of pyridine rings is 1. The molecule has 0 aliphatic heterocycles. The highest BCUT2D eigenvalue weighted by atomic mass is 19.4. The summed E-state index contributed by atoms with van der Waals surface area (Å²) in [7, 11) is 1.45. The van der Waals surface area contributed by atoms with E-state index < -0.39 is 17.7 Å². The van der Waals surface area contributed by atoms with Crippen LogP contribution >= 0.6 is 0 Å². The molecule has 1 aromatic heterocycles. The van der Waals surface area contributed by atoms with Crippen LogP contribution in [-0.4, -0.2) is 23.2 Å². The van der Waals surface area contributed by atoms with Gasteiger partial charge in [0.15, 0.2) is 0 Å². The van der Waals surface area contributed by atoms with Crippen LogP contribution in [0.15, 0.2) is 48.5 Å². The molecule has 0 aliphatic carbocycles. The Morgan fingerprint density at radius 2 is 1.72 bits per heavy atom. The van der Waals surface area contributed by atoms with Crippen molar-refractivity contribution in [2.24, 2.45) is 0 Å². The first kappa shape index (κ1) is 20.0. The van der Waals surface area contributed by atoms with Crippen LogP contribution in [0.2, 0.25) is 0 Å². The molecule has 0 fully saturated rings. The van der Waals surface area contributed by atoms with Crippen LogP contribution in [-0.2, 0) is 6.18 Å². The molecule has 0 spiro atoms. The number of halogens is 3. The minimum atomic E-state index is -4.53. The van der Waals surface area contributed by atoms with Gasteiger partial charge in [-0.3, -0.25) is 0 Å². The average Bonchev–Trinajstić information content (AvgIpc) is 2.68. The van der Waals surface area contributed by atoms with E-state index in [4.69, 9.17) is 16.2 Å². The van der Waals surface area contributed by atoms with Gasteiger partial charge in [-0.05, 0) is 29.8 Å². The summed E-state index contributed by atoms with van der Waals surface area (Å²) in [4.78, 5) is 16.2. The Hall–Kier alpha value is -3.75. The molecular formula is C20H16F3N3O3. The lowest BCUT2D eigenvalue weighted by atomic mass is 9.93. The minimum absolute atomic E-state index is 0.00320. The zero-order valence-corrected chi connectivity index (χ0v) is 15.1. The molecular weight excluding hydrogens is 387 g/mol. The number of ether oxygens (including phenoxy) is 1. The number of aromatic carboxylic acids is 1. The number of rotatable bonds is 4. The van der Waals surface area contributed by atoms with Crippen molar-refractivity contribution in [1.82, 2.24) is 4.98 Å². The average molecular weight is 403 g/mol. The zero-order valence-electron chi connectivity index (χ0n) is 15.1. The summed E-state index contributed by atoms with van der Waals surface area (Å²) in [5.74, 6) is -1.02. The van der Waals surface area contributed by atoms with Gasteiger partial charge in [0.1, 0.15) is 11.6 Å². The summed E-state index contributed by atoms with van der Waals surface area (Å²) < 4.78 is 43.8. The van der Waals surface area contributed by atoms with E-state index in [1.165, 1.54) is 7.11 Å². The van der Waals surface area contributed by atoms with Gasteiger partial charge in [0.2, 0.25) is 0 Å². The maximum atomic E-state index is 12.9. The maximum absolute atomic E-state index is 12.9. The Labute approximate surface area is 163 Å². The molecule has 2 aromatic carbocycles. The van der Waals surface area contributed by atoms with Crippen molar-refractivity contribution in [3.8, 4) is 28.1 Å². The number of carbonyl (C=O) groups is 1. The number of carboxylic acid groups (broad SMARTS) is 1. The fourth-order valence-electron chi connectivity index (χ4n) is 2.93. The van der Waals surface area contributed by atoms with Gasteiger partial charge in [-0.1, -0.05) is 24.3 Å². The van der Waals surface area contributed by atoms with Crippen molar-refractivity contribution in [3.05, 3.63) is 59.7 Å². The number of carboxylic acids is 1. The number of nitrogens with two attached hydrogens (primary N) is 2. The van der Waals surface area contributed by atoms with Gasteiger partial charge in [0.25, 0.3) is 0 Å². The van der Waals surface area contributed by atoms with E-state index in [0.29, 0.717) is 11.3 Å². The molecule has 5 N–H and O–H groups in total. The van der Waals surface area contributed by atoms with E-state index in [1.807, 2.05) is 0 Å². The second-order valence-corrected chi connectivity index (χ2v) is 6.12. The summed E-state index contributed by atoms with van der Waals surface area (Å²) in [6, 6.07) is 10.5. The smallest absolute Gasteiger partial charge is 0.416 e. The summed E-state index contributed by atoms with van der Waals surface area (Å²) in [6.45, 7) is 0. The van der Waals surface area contributed by atoms with Gasteiger partial charge >= 0.3 is 12.1 Å². The highest BCUT2D eigenvalue weighted by Gasteiger charge is 2.31. The molecule has 3 aromatic rings. The first-order valence-corrected chi connectivity index (χ1v) is 8.27. The Kier molecular flexibility index (Phi) is 5.06. The fraction of sp³-hybridized carbons (Fsp3) is 0.100. The Morgan fingerprint density at radius 1 is 1.07 bits per heavy atom. The molecule has 29 heavy (non-hydrogen) atoms. The molecule has 0 aliphatic rings. The van der Waals surface area contributed by atoms with Crippen LogP contribution < -0.4 is 16.2 Å². The van der Waals surface area contributed by atoms with E-state index in [0.717, 1.165) is 24.3 Å². The molecule has 9 heteroatoms.